The predicted molar refractivity (Wildman–Crippen MR) is 78.9 cm³/mol. The van der Waals surface area contributed by atoms with Gasteiger partial charge >= 0.3 is 0 Å². The minimum Gasteiger partial charge on any atom is -0.457 e. The van der Waals surface area contributed by atoms with Crippen LogP contribution in [-0.2, 0) is 11.3 Å². The first-order valence-electron chi connectivity index (χ1n) is 6.76. The largest absolute Gasteiger partial charge is 0.457 e. The summed E-state index contributed by atoms with van der Waals surface area (Å²) in [5, 5.41) is 9.75. The van der Waals surface area contributed by atoms with Gasteiger partial charge in [-0.05, 0) is 41.8 Å². The second-order valence-corrected chi connectivity index (χ2v) is 4.68. The molecule has 20 heavy (non-hydrogen) atoms. The molecule has 2 aromatic carbocycles. The molecular formula is C17H20O3. The zero-order chi connectivity index (χ0) is 14.4. The van der Waals surface area contributed by atoms with E-state index in [1.807, 2.05) is 55.5 Å². The van der Waals surface area contributed by atoms with E-state index in [0.717, 1.165) is 22.6 Å². The van der Waals surface area contributed by atoms with Gasteiger partial charge in [-0.25, -0.2) is 0 Å². The van der Waals surface area contributed by atoms with Gasteiger partial charge in [0.05, 0.1) is 12.7 Å². The summed E-state index contributed by atoms with van der Waals surface area (Å²) in [6.45, 7) is 2.52. The van der Waals surface area contributed by atoms with Crippen LogP contribution in [0.2, 0.25) is 0 Å². The minimum atomic E-state index is -0.408. The molecule has 0 aliphatic heterocycles. The maximum Gasteiger partial charge on any atom is 0.127 e. The molecule has 1 atom stereocenters. The van der Waals surface area contributed by atoms with Gasteiger partial charge in [0, 0.05) is 7.11 Å². The first kappa shape index (κ1) is 14.6. The summed E-state index contributed by atoms with van der Waals surface area (Å²) in [5.74, 6) is 1.54. The van der Waals surface area contributed by atoms with Gasteiger partial charge in [0.15, 0.2) is 0 Å². The average molecular weight is 272 g/mol. The molecule has 0 aromatic heterocycles. The van der Waals surface area contributed by atoms with E-state index in [-0.39, 0.29) is 0 Å². The Hall–Kier alpha value is -1.84. The first-order chi connectivity index (χ1) is 9.72. The Morgan fingerprint density at radius 3 is 2.45 bits per heavy atom. The zero-order valence-electron chi connectivity index (χ0n) is 11.9. The number of methoxy groups -OCH3 is 1. The Kier molecular flexibility index (Phi) is 5.16. The van der Waals surface area contributed by atoms with E-state index in [9.17, 15) is 5.11 Å². The Balaban J connectivity index is 2.08. The molecule has 0 heterocycles. The second kappa shape index (κ2) is 7.08. The van der Waals surface area contributed by atoms with Crippen LogP contribution in [0.5, 0.6) is 11.5 Å². The van der Waals surface area contributed by atoms with E-state index >= 15 is 0 Å². The molecule has 3 nitrogen and oxygen atoms in total. The highest BCUT2D eigenvalue weighted by atomic mass is 16.5. The lowest BCUT2D eigenvalue weighted by Crippen LogP contribution is -1.94. The quantitative estimate of drug-likeness (QED) is 0.861. The molecule has 2 aromatic rings. The van der Waals surface area contributed by atoms with E-state index < -0.39 is 6.10 Å². The SMILES string of the molecule is CC[C@H](O)c1ccc(Oc2cccc(COC)c2)cc1. The van der Waals surface area contributed by atoms with E-state index in [1.54, 1.807) is 7.11 Å². The Morgan fingerprint density at radius 2 is 1.80 bits per heavy atom. The summed E-state index contributed by atoms with van der Waals surface area (Å²) in [4.78, 5) is 0. The van der Waals surface area contributed by atoms with Crippen molar-refractivity contribution in [1.82, 2.24) is 0 Å². The van der Waals surface area contributed by atoms with Crippen molar-refractivity contribution in [2.24, 2.45) is 0 Å². The third-order valence-corrected chi connectivity index (χ3v) is 3.10. The molecule has 0 aliphatic carbocycles. The number of benzene rings is 2. The summed E-state index contributed by atoms with van der Waals surface area (Å²) in [6, 6.07) is 15.3. The number of ether oxygens (including phenoxy) is 2. The molecule has 0 bridgehead atoms. The van der Waals surface area contributed by atoms with Crippen molar-refractivity contribution in [2.75, 3.05) is 7.11 Å². The van der Waals surface area contributed by atoms with Gasteiger partial charge in [-0.2, -0.15) is 0 Å². The monoisotopic (exact) mass is 272 g/mol. The van der Waals surface area contributed by atoms with Gasteiger partial charge in [0.2, 0.25) is 0 Å². The van der Waals surface area contributed by atoms with Crippen LogP contribution in [0.25, 0.3) is 0 Å². The summed E-state index contributed by atoms with van der Waals surface area (Å²) >= 11 is 0. The van der Waals surface area contributed by atoms with Gasteiger partial charge < -0.3 is 14.6 Å². The van der Waals surface area contributed by atoms with Crippen LogP contribution >= 0.6 is 0 Å². The van der Waals surface area contributed by atoms with Crippen LogP contribution in [0, 0.1) is 0 Å². The molecule has 0 unspecified atom stereocenters. The van der Waals surface area contributed by atoms with Crippen molar-refractivity contribution in [3.8, 4) is 11.5 Å². The molecular weight excluding hydrogens is 252 g/mol. The number of aliphatic hydroxyl groups excluding tert-OH is 1. The standard InChI is InChI=1S/C17H20O3/c1-3-17(18)14-7-9-15(10-8-14)20-16-6-4-5-13(11-16)12-19-2/h4-11,17-18H,3,12H2,1-2H3/t17-/m0/s1. The van der Waals surface area contributed by atoms with Gasteiger partial charge in [0.25, 0.3) is 0 Å². The van der Waals surface area contributed by atoms with E-state index in [4.69, 9.17) is 9.47 Å². The number of rotatable bonds is 6. The van der Waals surface area contributed by atoms with Gasteiger partial charge in [-0.1, -0.05) is 31.2 Å². The second-order valence-electron chi connectivity index (χ2n) is 4.68. The van der Waals surface area contributed by atoms with Crippen molar-refractivity contribution in [3.63, 3.8) is 0 Å². The van der Waals surface area contributed by atoms with E-state index in [2.05, 4.69) is 0 Å². The molecule has 0 aliphatic rings. The maximum absolute atomic E-state index is 9.75. The lowest BCUT2D eigenvalue weighted by atomic mass is 10.1. The molecule has 0 radical (unpaired) electrons. The number of hydrogen-bond donors (Lipinski definition) is 1. The van der Waals surface area contributed by atoms with Crippen molar-refractivity contribution in [1.29, 1.82) is 0 Å². The fourth-order valence-corrected chi connectivity index (χ4v) is 2.00. The Bertz CT molecular complexity index is 534. The van der Waals surface area contributed by atoms with Crippen LogP contribution in [0.1, 0.15) is 30.6 Å². The summed E-state index contributed by atoms with van der Waals surface area (Å²) in [7, 11) is 1.67. The molecule has 0 amide bonds. The van der Waals surface area contributed by atoms with Crippen LogP contribution in [-0.4, -0.2) is 12.2 Å². The van der Waals surface area contributed by atoms with Crippen molar-refractivity contribution < 1.29 is 14.6 Å². The fraction of sp³-hybridized carbons (Fsp3) is 0.294. The predicted octanol–water partition coefficient (Wildman–Crippen LogP) is 4.07. The van der Waals surface area contributed by atoms with Crippen molar-refractivity contribution in [3.05, 3.63) is 59.7 Å². The third kappa shape index (κ3) is 3.83. The van der Waals surface area contributed by atoms with Crippen molar-refractivity contribution >= 4 is 0 Å². The molecule has 0 saturated heterocycles. The van der Waals surface area contributed by atoms with Gasteiger partial charge in [-0.3, -0.25) is 0 Å². The molecule has 0 fully saturated rings. The topological polar surface area (TPSA) is 38.7 Å². The van der Waals surface area contributed by atoms with E-state index in [0.29, 0.717) is 13.0 Å². The molecule has 0 spiro atoms. The summed E-state index contributed by atoms with van der Waals surface area (Å²) in [6.07, 6.45) is 0.299. The third-order valence-electron chi connectivity index (χ3n) is 3.10. The smallest absolute Gasteiger partial charge is 0.127 e. The molecule has 2 rings (SSSR count). The van der Waals surface area contributed by atoms with Gasteiger partial charge in [0.1, 0.15) is 11.5 Å². The Morgan fingerprint density at radius 1 is 1.05 bits per heavy atom. The molecule has 3 heteroatoms. The lowest BCUT2D eigenvalue weighted by molar-refractivity contribution is 0.173. The maximum atomic E-state index is 9.75. The molecule has 1 N–H and O–H groups in total. The highest BCUT2D eigenvalue weighted by Gasteiger charge is 2.05. The fourth-order valence-electron chi connectivity index (χ4n) is 2.00. The van der Waals surface area contributed by atoms with Crippen LogP contribution in [0.4, 0.5) is 0 Å². The summed E-state index contributed by atoms with van der Waals surface area (Å²) in [5.41, 5.74) is 1.98. The van der Waals surface area contributed by atoms with Crippen molar-refractivity contribution in [2.45, 2.75) is 26.1 Å². The minimum absolute atomic E-state index is 0.408. The van der Waals surface area contributed by atoms with E-state index in [1.165, 1.54) is 0 Å². The normalized spacial score (nSPS) is 12.2. The highest BCUT2D eigenvalue weighted by Crippen LogP contribution is 2.25. The first-order valence-corrected chi connectivity index (χ1v) is 6.76. The van der Waals surface area contributed by atoms with Gasteiger partial charge in [-0.15, -0.1) is 0 Å². The lowest BCUT2D eigenvalue weighted by Gasteiger charge is -2.10. The number of hydrogen-bond acceptors (Lipinski definition) is 3. The molecule has 106 valence electrons. The Labute approximate surface area is 119 Å². The highest BCUT2D eigenvalue weighted by molar-refractivity contribution is 5.35. The van der Waals surface area contributed by atoms with Crippen LogP contribution in [0.15, 0.2) is 48.5 Å². The number of aliphatic hydroxyl groups is 1. The zero-order valence-corrected chi connectivity index (χ0v) is 11.9. The average Bonchev–Trinajstić information content (AvgIpc) is 2.48. The van der Waals surface area contributed by atoms with Crippen LogP contribution < -0.4 is 4.74 Å². The molecule has 0 saturated carbocycles. The summed E-state index contributed by atoms with van der Waals surface area (Å²) < 4.78 is 10.9. The van der Waals surface area contributed by atoms with Crippen LogP contribution in [0.3, 0.4) is 0 Å².